The molecule has 1 heterocycles. The molecule has 0 spiro atoms. The molecule has 1 aliphatic rings. The van der Waals surface area contributed by atoms with Crippen LogP contribution >= 0.6 is 0 Å². The summed E-state index contributed by atoms with van der Waals surface area (Å²) in [5.41, 5.74) is 6.13. The van der Waals surface area contributed by atoms with Crippen LogP contribution in [-0.4, -0.2) is 16.7 Å². The van der Waals surface area contributed by atoms with Crippen LogP contribution in [0.15, 0.2) is 72.8 Å². The van der Waals surface area contributed by atoms with Gasteiger partial charge < -0.3 is 10.2 Å². The Morgan fingerprint density at radius 3 is 2.23 bits per heavy atom. The number of hydrogen-bond acceptors (Lipinski definition) is 2. The second kappa shape index (κ2) is 8.54. The average molecular weight is 399 g/mol. The molecule has 4 nitrogen and oxygen atoms in total. The maximum Gasteiger partial charge on any atom is 0.255 e. The normalized spacial score (nSPS) is 13.8. The molecule has 0 bridgehead atoms. The summed E-state index contributed by atoms with van der Waals surface area (Å²) >= 11 is 0. The predicted molar refractivity (Wildman–Crippen MR) is 118 cm³/mol. The summed E-state index contributed by atoms with van der Waals surface area (Å²) < 4.78 is 0. The standard InChI is InChI=1S/C26H26N2O2/c1-18-7-11-20(12-8-18)16-27-25(29)15-24(21-13-9-19(2)10-14-21)28-17-22-5-3-4-6-23(22)26(28)30/h3-14,24H,15-17H2,1-2H3,(H,27,29)/t24-/m0/s1. The number of carbonyl (C=O) groups excluding carboxylic acids is 2. The van der Waals surface area contributed by atoms with Crippen LogP contribution in [0.3, 0.4) is 0 Å². The van der Waals surface area contributed by atoms with Gasteiger partial charge in [0.1, 0.15) is 0 Å². The monoisotopic (exact) mass is 398 g/mol. The van der Waals surface area contributed by atoms with Gasteiger partial charge in [-0.3, -0.25) is 9.59 Å². The molecule has 0 saturated carbocycles. The first-order chi connectivity index (χ1) is 14.5. The van der Waals surface area contributed by atoms with Crippen LogP contribution in [0, 0.1) is 13.8 Å². The van der Waals surface area contributed by atoms with Gasteiger partial charge in [-0.25, -0.2) is 0 Å². The quantitative estimate of drug-likeness (QED) is 0.654. The predicted octanol–water partition coefficient (Wildman–Crippen LogP) is 4.71. The molecule has 3 aromatic rings. The highest BCUT2D eigenvalue weighted by Gasteiger charge is 2.34. The first kappa shape index (κ1) is 19.9. The van der Waals surface area contributed by atoms with Crippen molar-refractivity contribution in [2.75, 3.05) is 0 Å². The molecule has 0 unspecified atom stereocenters. The minimum Gasteiger partial charge on any atom is -0.352 e. The second-order valence-corrected chi connectivity index (χ2v) is 7.98. The van der Waals surface area contributed by atoms with Gasteiger partial charge in [0.05, 0.1) is 12.5 Å². The molecule has 0 radical (unpaired) electrons. The van der Waals surface area contributed by atoms with Gasteiger partial charge in [0.2, 0.25) is 5.91 Å². The molecule has 0 saturated heterocycles. The van der Waals surface area contributed by atoms with E-state index in [1.165, 1.54) is 5.56 Å². The van der Waals surface area contributed by atoms with Crippen molar-refractivity contribution < 1.29 is 9.59 Å². The van der Waals surface area contributed by atoms with Gasteiger partial charge in [0, 0.05) is 18.7 Å². The number of nitrogens with one attached hydrogen (secondary N) is 1. The van der Waals surface area contributed by atoms with Crippen molar-refractivity contribution in [1.29, 1.82) is 0 Å². The second-order valence-electron chi connectivity index (χ2n) is 7.98. The van der Waals surface area contributed by atoms with Gasteiger partial charge in [-0.15, -0.1) is 0 Å². The molecule has 1 N–H and O–H groups in total. The summed E-state index contributed by atoms with van der Waals surface area (Å²) in [7, 11) is 0. The Morgan fingerprint density at radius 1 is 0.933 bits per heavy atom. The van der Waals surface area contributed by atoms with Gasteiger partial charge in [0.15, 0.2) is 0 Å². The Labute approximate surface area is 177 Å². The number of hydrogen-bond donors (Lipinski definition) is 1. The number of benzene rings is 3. The molecular formula is C26H26N2O2. The molecule has 152 valence electrons. The van der Waals surface area contributed by atoms with Crippen LogP contribution in [-0.2, 0) is 17.9 Å². The number of nitrogens with zero attached hydrogens (tertiary/aromatic N) is 1. The smallest absolute Gasteiger partial charge is 0.255 e. The fourth-order valence-electron chi connectivity index (χ4n) is 3.88. The molecule has 30 heavy (non-hydrogen) atoms. The molecule has 1 atom stereocenters. The van der Waals surface area contributed by atoms with Crippen LogP contribution in [0.4, 0.5) is 0 Å². The minimum absolute atomic E-state index is 0.0116. The van der Waals surface area contributed by atoms with E-state index in [-0.39, 0.29) is 24.3 Å². The summed E-state index contributed by atoms with van der Waals surface area (Å²) in [6.45, 7) is 5.08. The Kier molecular flexibility index (Phi) is 5.66. The maximum absolute atomic E-state index is 13.1. The highest BCUT2D eigenvalue weighted by Crippen LogP contribution is 2.33. The summed E-state index contributed by atoms with van der Waals surface area (Å²) in [6.07, 6.45) is 0.231. The zero-order chi connectivity index (χ0) is 21.1. The lowest BCUT2D eigenvalue weighted by molar-refractivity contribution is -0.122. The number of carbonyl (C=O) groups is 2. The number of aryl methyl sites for hydroxylation is 2. The molecule has 1 aliphatic heterocycles. The van der Waals surface area contributed by atoms with Gasteiger partial charge in [-0.1, -0.05) is 77.9 Å². The van der Waals surface area contributed by atoms with Crippen molar-refractivity contribution in [1.82, 2.24) is 10.2 Å². The Morgan fingerprint density at radius 2 is 1.57 bits per heavy atom. The van der Waals surface area contributed by atoms with Crippen molar-refractivity contribution in [3.8, 4) is 0 Å². The lowest BCUT2D eigenvalue weighted by Crippen LogP contribution is -2.34. The number of rotatable bonds is 6. The van der Waals surface area contributed by atoms with E-state index in [0.717, 1.165) is 27.8 Å². The molecule has 0 aromatic heterocycles. The van der Waals surface area contributed by atoms with E-state index in [9.17, 15) is 9.59 Å². The summed E-state index contributed by atoms with van der Waals surface area (Å²) in [5.74, 6) is -0.0765. The van der Waals surface area contributed by atoms with Crippen molar-refractivity contribution >= 4 is 11.8 Å². The fraction of sp³-hybridized carbons (Fsp3) is 0.231. The molecule has 4 rings (SSSR count). The zero-order valence-electron chi connectivity index (χ0n) is 17.4. The highest BCUT2D eigenvalue weighted by atomic mass is 16.2. The van der Waals surface area contributed by atoms with E-state index in [0.29, 0.717) is 13.1 Å². The van der Waals surface area contributed by atoms with E-state index < -0.39 is 0 Å². The van der Waals surface area contributed by atoms with Crippen molar-refractivity contribution in [2.24, 2.45) is 0 Å². The topological polar surface area (TPSA) is 49.4 Å². The van der Waals surface area contributed by atoms with E-state index in [4.69, 9.17) is 0 Å². The van der Waals surface area contributed by atoms with E-state index >= 15 is 0 Å². The van der Waals surface area contributed by atoms with Crippen LogP contribution < -0.4 is 5.32 Å². The third kappa shape index (κ3) is 4.28. The summed E-state index contributed by atoms with van der Waals surface area (Å²) in [5, 5.41) is 3.01. The molecule has 3 aromatic carbocycles. The third-order valence-electron chi connectivity index (χ3n) is 5.68. The van der Waals surface area contributed by atoms with Gasteiger partial charge in [0.25, 0.3) is 5.91 Å². The molecular weight excluding hydrogens is 372 g/mol. The van der Waals surface area contributed by atoms with Crippen LogP contribution in [0.2, 0.25) is 0 Å². The van der Waals surface area contributed by atoms with Crippen molar-refractivity contribution in [2.45, 2.75) is 39.4 Å². The Hall–Kier alpha value is -3.40. The SMILES string of the molecule is Cc1ccc(CNC(=O)C[C@@H](c2ccc(C)cc2)N2Cc3ccccc3C2=O)cc1. The molecule has 0 fully saturated rings. The number of fused-ring (bicyclic) bond motifs is 1. The van der Waals surface area contributed by atoms with E-state index in [1.807, 2.05) is 91.5 Å². The van der Waals surface area contributed by atoms with Crippen molar-refractivity contribution in [3.63, 3.8) is 0 Å². The lowest BCUT2D eigenvalue weighted by atomic mass is 10.00. The highest BCUT2D eigenvalue weighted by molar-refractivity contribution is 5.98. The molecule has 0 aliphatic carbocycles. The maximum atomic E-state index is 13.1. The average Bonchev–Trinajstić information content (AvgIpc) is 3.09. The first-order valence-corrected chi connectivity index (χ1v) is 10.3. The summed E-state index contributed by atoms with van der Waals surface area (Å²) in [6, 6.07) is 23.6. The summed E-state index contributed by atoms with van der Waals surface area (Å²) in [4.78, 5) is 27.7. The van der Waals surface area contributed by atoms with Gasteiger partial charge in [-0.05, 0) is 36.6 Å². The van der Waals surface area contributed by atoms with Crippen LogP contribution in [0.25, 0.3) is 0 Å². The lowest BCUT2D eigenvalue weighted by Gasteiger charge is -2.28. The fourth-order valence-corrected chi connectivity index (χ4v) is 3.88. The molecule has 2 amide bonds. The first-order valence-electron chi connectivity index (χ1n) is 10.3. The minimum atomic E-state index is -0.302. The Balaban J connectivity index is 1.52. The zero-order valence-corrected chi connectivity index (χ0v) is 17.4. The number of amides is 2. The van der Waals surface area contributed by atoms with Crippen LogP contribution in [0.5, 0.6) is 0 Å². The van der Waals surface area contributed by atoms with E-state index in [1.54, 1.807) is 0 Å². The third-order valence-corrected chi connectivity index (χ3v) is 5.68. The van der Waals surface area contributed by atoms with Gasteiger partial charge >= 0.3 is 0 Å². The largest absolute Gasteiger partial charge is 0.352 e. The van der Waals surface area contributed by atoms with E-state index in [2.05, 4.69) is 5.32 Å². The van der Waals surface area contributed by atoms with Crippen molar-refractivity contribution in [3.05, 3.63) is 106 Å². The van der Waals surface area contributed by atoms with Gasteiger partial charge in [-0.2, -0.15) is 0 Å². The Bertz CT molecular complexity index is 1060. The molecule has 4 heteroatoms. The van der Waals surface area contributed by atoms with Crippen LogP contribution in [0.1, 0.15) is 50.6 Å².